The van der Waals surface area contributed by atoms with Gasteiger partial charge in [0.2, 0.25) is 0 Å². The first-order valence-corrected chi connectivity index (χ1v) is 6.93. The number of H-pyrrole nitrogens is 1. The average Bonchev–Trinajstić information content (AvgIpc) is 3.17. The largest absolute Gasteiger partial charge is 0.301 e. The van der Waals surface area contributed by atoms with Crippen molar-refractivity contribution in [2.75, 3.05) is 0 Å². The topological polar surface area (TPSA) is 33.6 Å². The lowest BCUT2D eigenvalue weighted by Gasteiger charge is -2.15. The molecule has 0 spiro atoms. The van der Waals surface area contributed by atoms with E-state index in [-0.39, 0.29) is 0 Å². The van der Waals surface area contributed by atoms with E-state index < -0.39 is 0 Å². The van der Waals surface area contributed by atoms with Crippen molar-refractivity contribution >= 4 is 12.2 Å². The summed E-state index contributed by atoms with van der Waals surface area (Å²) in [6.07, 6.45) is 3.49. The molecule has 0 bridgehead atoms. The van der Waals surface area contributed by atoms with Crippen LogP contribution in [0.4, 0.5) is 0 Å². The Morgan fingerprint density at radius 2 is 2.11 bits per heavy atom. The van der Waals surface area contributed by atoms with Gasteiger partial charge in [-0.15, -0.1) is 0 Å². The Morgan fingerprint density at radius 3 is 2.72 bits per heavy atom. The van der Waals surface area contributed by atoms with E-state index in [2.05, 4.69) is 46.0 Å². The van der Waals surface area contributed by atoms with Crippen LogP contribution in [0.5, 0.6) is 0 Å². The lowest BCUT2D eigenvalue weighted by Crippen LogP contribution is -2.09. The first-order valence-electron chi connectivity index (χ1n) is 6.53. The fraction of sp³-hybridized carbons (Fsp3) is 0.429. The van der Waals surface area contributed by atoms with Crippen molar-refractivity contribution in [3.05, 3.63) is 46.5 Å². The third-order valence-electron chi connectivity index (χ3n) is 3.57. The zero-order valence-electron chi connectivity index (χ0n) is 10.5. The van der Waals surface area contributed by atoms with Crippen molar-refractivity contribution in [3.8, 4) is 0 Å². The van der Waals surface area contributed by atoms with Gasteiger partial charge in [0.1, 0.15) is 5.82 Å². The second-order valence-electron chi connectivity index (χ2n) is 4.86. The minimum atomic E-state index is 0.333. The van der Waals surface area contributed by atoms with Crippen LogP contribution in [0.25, 0.3) is 0 Å². The summed E-state index contributed by atoms with van der Waals surface area (Å²) in [6, 6.07) is 11.1. The van der Waals surface area contributed by atoms with E-state index in [0.717, 1.165) is 17.0 Å². The summed E-state index contributed by atoms with van der Waals surface area (Å²) < 4.78 is 2.98. The second kappa shape index (κ2) is 4.69. The van der Waals surface area contributed by atoms with Crippen molar-refractivity contribution in [1.29, 1.82) is 0 Å². The molecule has 3 nitrogen and oxygen atoms in total. The molecule has 0 amide bonds. The van der Waals surface area contributed by atoms with Gasteiger partial charge in [0.25, 0.3) is 0 Å². The highest BCUT2D eigenvalue weighted by Gasteiger charge is 2.30. The van der Waals surface area contributed by atoms with Gasteiger partial charge in [0, 0.05) is 12.0 Å². The minimum Gasteiger partial charge on any atom is -0.301 e. The van der Waals surface area contributed by atoms with Crippen LogP contribution in [0, 0.1) is 4.77 Å². The predicted octanol–water partition coefficient (Wildman–Crippen LogP) is 3.82. The SMILES string of the molecule is CCC(c1ccccc1)c1n[nH]c(=S)n1C1CC1. The van der Waals surface area contributed by atoms with E-state index in [9.17, 15) is 0 Å². The highest BCUT2D eigenvalue weighted by atomic mass is 32.1. The van der Waals surface area contributed by atoms with Crippen LogP contribution in [0.3, 0.4) is 0 Å². The van der Waals surface area contributed by atoms with Crippen LogP contribution in [0.2, 0.25) is 0 Å². The Balaban J connectivity index is 2.04. The molecule has 1 aliphatic rings. The van der Waals surface area contributed by atoms with Crippen molar-refractivity contribution < 1.29 is 0 Å². The molecule has 1 saturated carbocycles. The average molecular weight is 259 g/mol. The van der Waals surface area contributed by atoms with Gasteiger partial charge >= 0.3 is 0 Å². The Kier molecular flexibility index (Phi) is 3.04. The number of rotatable bonds is 4. The molecule has 0 saturated heterocycles. The van der Waals surface area contributed by atoms with Gasteiger partial charge in [-0.2, -0.15) is 5.10 Å². The summed E-state index contributed by atoms with van der Waals surface area (Å²) >= 11 is 5.35. The fourth-order valence-corrected chi connectivity index (χ4v) is 2.79. The Bertz CT molecular complexity index is 581. The van der Waals surface area contributed by atoms with E-state index in [1.807, 2.05) is 6.07 Å². The second-order valence-corrected chi connectivity index (χ2v) is 5.25. The number of hydrogen-bond acceptors (Lipinski definition) is 2. The van der Waals surface area contributed by atoms with Crippen molar-refractivity contribution in [3.63, 3.8) is 0 Å². The molecule has 1 aliphatic carbocycles. The summed E-state index contributed by atoms with van der Waals surface area (Å²) in [4.78, 5) is 0. The summed E-state index contributed by atoms with van der Waals surface area (Å²) in [5, 5.41) is 7.43. The molecule has 4 heteroatoms. The molecular weight excluding hydrogens is 242 g/mol. The highest BCUT2D eigenvalue weighted by Crippen LogP contribution is 2.38. The van der Waals surface area contributed by atoms with Crippen LogP contribution in [0.1, 0.15) is 49.5 Å². The molecule has 1 aromatic heterocycles. The molecule has 94 valence electrons. The molecule has 3 rings (SSSR count). The first-order chi connectivity index (χ1) is 8.81. The number of nitrogens with one attached hydrogen (secondary N) is 1. The van der Waals surface area contributed by atoms with Crippen molar-refractivity contribution in [1.82, 2.24) is 14.8 Å². The van der Waals surface area contributed by atoms with Crippen LogP contribution in [0.15, 0.2) is 30.3 Å². The monoisotopic (exact) mass is 259 g/mol. The molecule has 1 N–H and O–H groups in total. The molecule has 18 heavy (non-hydrogen) atoms. The zero-order chi connectivity index (χ0) is 12.5. The van der Waals surface area contributed by atoms with Crippen molar-refractivity contribution in [2.45, 2.75) is 38.1 Å². The van der Waals surface area contributed by atoms with Gasteiger partial charge in [-0.3, -0.25) is 5.10 Å². The van der Waals surface area contributed by atoms with Crippen LogP contribution in [-0.2, 0) is 0 Å². The number of aromatic amines is 1. The van der Waals surface area contributed by atoms with Crippen LogP contribution in [-0.4, -0.2) is 14.8 Å². The number of hydrogen-bond donors (Lipinski definition) is 1. The van der Waals surface area contributed by atoms with Crippen LogP contribution < -0.4 is 0 Å². The van der Waals surface area contributed by atoms with Gasteiger partial charge in [-0.05, 0) is 37.0 Å². The molecule has 0 radical (unpaired) electrons. The Labute approximate surface area is 112 Å². The molecule has 1 fully saturated rings. The van der Waals surface area contributed by atoms with Gasteiger partial charge in [0.05, 0.1) is 0 Å². The van der Waals surface area contributed by atoms with Crippen LogP contribution >= 0.6 is 12.2 Å². The van der Waals surface area contributed by atoms with E-state index in [1.54, 1.807) is 0 Å². The number of benzene rings is 1. The zero-order valence-corrected chi connectivity index (χ0v) is 11.3. The fourth-order valence-electron chi connectivity index (χ4n) is 2.50. The smallest absolute Gasteiger partial charge is 0.195 e. The normalized spacial score (nSPS) is 16.7. The lowest BCUT2D eigenvalue weighted by molar-refractivity contribution is 0.616. The predicted molar refractivity (Wildman–Crippen MR) is 74.3 cm³/mol. The Morgan fingerprint density at radius 1 is 1.39 bits per heavy atom. The molecule has 1 atom stereocenters. The van der Waals surface area contributed by atoms with Gasteiger partial charge < -0.3 is 4.57 Å². The van der Waals surface area contributed by atoms with Gasteiger partial charge in [-0.1, -0.05) is 37.3 Å². The standard InChI is InChI=1S/C14H17N3S/c1-2-12(10-6-4-3-5-7-10)13-15-16-14(18)17(13)11-8-9-11/h3-7,11-12H,2,8-9H2,1H3,(H,16,18). The lowest BCUT2D eigenvalue weighted by atomic mass is 9.95. The quantitative estimate of drug-likeness (QED) is 0.847. The minimum absolute atomic E-state index is 0.333. The molecule has 1 unspecified atom stereocenters. The summed E-state index contributed by atoms with van der Waals surface area (Å²) in [6.45, 7) is 2.20. The van der Waals surface area contributed by atoms with E-state index in [1.165, 1.54) is 18.4 Å². The van der Waals surface area contributed by atoms with E-state index in [4.69, 9.17) is 12.2 Å². The number of aromatic nitrogens is 3. The third kappa shape index (κ3) is 2.01. The highest BCUT2D eigenvalue weighted by molar-refractivity contribution is 7.71. The van der Waals surface area contributed by atoms with Gasteiger partial charge in [-0.25, -0.2) is 0 Å². The first kappa shape index (κ1) is 11.7. The van der Waals surface area contributed by atoms with Gasteiger partial charge in [0.15, 0.2) is 4.77 Å². The molecular formula is C14H17N3S. The Hall–Kier alpha value is -1.42. The third-order valence-corrected chi connectivity index (χ3v) is 3.85. The maximum absolute atomic E-state index is 5.35. The number of nitrogens with zero attached hydrogens (tertiary/aromatic N) is 2. The van der Waals surface area contributed by atoms with E-state index >= 15 is 0 Å². The molecule has 0 aliphatic heterocycles. The maximum atomic E-state index is 5.35. The summed E-state index contributed by atoms with van der Waals surface area (Å²) in [7, 11) is 0. The molecule has 1 aromatic carbocycles. The summed E-state index contributed by atoms with van der Waals surface area (Å²) in [5.74, 6) is 1.43. The van der Waals surface area contributed by atoms with Crippen molar-refractivity contribution in [2.24, 2.45) is 0 Å². The molecule has 1 heterocycles. The van der Waals surface area contributed by atoms with E-state index in [0.29, 0.717) is 12.0 Å². The maximum Gasteiger partial charge on any atom is 0.195 e. The molecule has 2 aromatic rings. The summed E-state index contributed by atoms with van der Waals surface area (Å²) in [5.41, 5.74) is 1.32.